The number of benzene rings is 2. The first-order chi connectivity index (χ1) is 14.9. The molecule has 1 atom stereocenters. The fourth-order valence-electron chi connectivity index (χ4n) is 2.83. The highest BCUT2D eigenvalue weighted by Crippen LogP contribution is 2.27. The summed E-state index contributed by atoms with van der Waals surface area (Å²) < 4.78 is 7.26. The molecule has 0 fully saturated rings. The van der Waals surface area contributed by atoms with Gasteiger partial charge in [0.15, 0.2) is 11.0 Å². The van der Waals surface area contributed by atoms with Crippen molar-refractivity contribution in [2.24, 2.45) is 7.05 Å². The summed E-state index contributed by atoms with van der Waals surface area (Å²) in [5, 5.41) is 14.4. The fraction of sp³-hybridized carbons (Fsp3) is 0.273. The van der Waals surface area contributed by atoms with Crippen LogP contribution in [0.15, 0.2) is 53.7 Å². The summed E-state index contributed by atoms with van der Waals surface area (Å²) in [6.07, 6.45) is 0. The Morgan fingerprint density at radius 2 is 1.65 bits per heavy atom. The van der Waals surface area contributed by atoms with Crippen molar-refractivity contribution in [2.75, 3.05) is 17.2 Å². The van der Waals surface area contributed by atoms with Crippen LogP contribution < -0.4 is 15.4 Å². The van der Waals surface area contributed by atoms with Crippen molar-refractivity contribution in [1.29, 1.82) is 0 Å². The van der Waals surface area contributed by atoms with Gasteiger partial charge in [-0.3, -0.25) is 9.59 Å². The van der Waals surface area contributed by atoms with E-state index in [9.17, 15) is 9.59 Å². The Bertz CT molecular complexity index is 1050. The Morgan fingerprint density at radius 3 is 2.26 bits per heavy atom. The molecule has 162 valence electrons. The van der Waals surface area contributed by atoms with Crippen molar-refractivity contribution < 1.29 is 14.3 Å². The van der Waals surface area contributed by atoms with E-state index in [0.717, 1.165) is 11.3 Å². The van der Waals surface area contributed by atoms with Crippen LogP contribution in [0, 0.1) is 0 Å². The number of amides is 2. The van der Waals surface area contributed by atoms with Crippen molar-refractivity contribution >= 4 is 35.0 Å². The summed E-state index contributed by atoms with van der Waals surface area (Å²) >= 11 is 1.33. The molecule has 1 aromatic heterocycles. The number of anilines is 2. The number of hydrogen-bond acceptors (Lipinski definition) is 6. The Balaban J connectivity index is 1.64. The van der Waals surface area contributed by atoms with Crippen molar-refractivity contribution in [2.45, 2.75) is 31.2 Å². The van der Waals surface area contributed by atoms with Crippen LogP contribution in [0.1, 0.15) is 20.8 Å². The molecule has 0 saturated carbocycles. The van der Waals surface area contributed by atoms with E-state index < -0.39 is 0 Å². The third-order valence-corrected chi connectivity index (χ3v) is 5.52. The molecule has 1 heterocycles. The van der Waals surface area contributed by atoms with Crippen LogP contribution in [-0.2, 0) is 16.6 Å². The molecule has 8 nitrogen and oxygen atoms in total. The Kier molecular flexibility index (Phi) is 7.30. The predicted molar refractivity (Wildman–Crippen MR) is 122 cm³/mol. The number of nitrogens with one attached hydrogen (secondary N) is 2. The van der Waals surface area contributed by atoms with Gasteiger partial charge >= 0.3 is 0 Å². The van der Waals surface area contributed by atoms with E-state index in [1.54, 1.807) is 0 Å². The number of aromatic nitrogens is 3. The molecule has 3 aromatic rings. The van der Waals surface area contributed by atoms with Crippen LogP contribution in [0.5, 0.6) is 5.75 Å². The van der Waals surface area contributed by atoms with E-state index in [1.807, 2.05) is 74.0 Å². The molecular formula is C22H25N5O3S. The number of thioether (sulfide) groups is 1. The number of nitrogens with zero attached hydrogens (tertiary/aromatic N) is 3. The largest absolute Gasteiger partial charge is 0.494 e. The first kappa shape index (κ1) is 22.4. The summed E-state index contributed by atoms with van der Waals surface area (Å²) in [7, 11) is 1.86. The van der Waals surface area contributed by atoms with Gasteiger partial charge in [-0.1, -0.05) is 11.8 Å². The van der Waals surface area contributed by atoms with E-state index in [-0.39, 0.29) is 17.1 Å². The molecule has 2 aromatic carbocycles. The molecule has 9 heteroatoms. The predicted octanol–water partition coefficient (Wildman–Crippen LogP) is 3.96. The highest BCUT2D eigenvalue weighted by molar-refractivity contribution is 8.00. The quantitative estimate of drug-likeness (QED) is 0.516. The van der Waals surface area contributed by atoms with Crippen LogP contribution >= 0.6 is 11.8 Å². The number of ether oxygens (including phenoxy) is 1. The van der Waals surface area contributed by atoms with Gasteiger partial charge in [-0.05, 0) is 62.4 Å². The monoisotopic (exact) mass is 439 g/mol. The Labute approximate surface area is 185 Å². The van der Waals surface area contributed by atoms with Gasteiger partial charge in [-0.2, -0.15) is 0 Å². The number of carbonyl (C=O) groups is 2. The highest BCUT2D eigenvalue weighted by Gasteiger charge is 2.19. The number of hydrogen-bond donors (Lipinski definition) is 2. The number of carbonyl (C=O) groups excluding carboxylic acids is 2. The normalized spacial score (nSPS) is 11.6. The first-order valence-corrected chi connectivity index (χ1v) is 10.7. The lowest BCUT2D eigenvalue weighted by Crippen LogP contribution is -2.22. The average molecular weight is 440 g/mol. The third-order valence-electron chi connectivity index (χ3n) is 4.38. The minimum Gasteiger partial charge on any atom is -0.494 e. The van der Waals surface area contributed by atoms with E-state index in [2.05, 4.69) is 20.8 Å². The van der Waals surface area contributed by atoms with E-state index in [1.165, 1.54) is 18.7 Å². The molecule has 2 amide bonds. The van der Waals surface area contributed by atoms with Gasteiger partial charge in [0.2, 0.25) is 11.8 Å². The zero-order valence-corrected chi connectivity index (χ0v) is 18.7. The zero-order valence-electron chi connectivity index (χ0n) is 17.9. The van der Waals surface area contributed by atoms with Gasteiger partial charge < -0.3 is 19.9 Å². The smallest absolute Gasteiger partial charge is 0.237 e. The molecule has 0 aliphatic heterocycles. The molecule has 0 aliphatic rings. The molecule has 2 N–H and O–H groups in total. The molecule has 0 bridgehead atoms. The standard InChI is InChI=1S/C22H25N5O3S/c1-5-30-19-12-10-18(11-13-19)24-21(29)14(2)31-22-26-25-20(27(22)4)16-6-8-17(9-7-16)23-15(3)28/h6-14H,5H2,1-4H3,(H,23,28)(H,24,29)/t14-/m0/s1. The lowest BCUT2D eigenvalue weighted by Gasteiger charge is -2.12. The van der Waals surface area contributed by atoms with Crippen molar-refractivity contribution in [3.05, 3.63) is 48.5 Å². The summed E-state index contributed by atoms with van der Waals surface area (Å²) in [6.45, 7) is 5.81. The van der Waals surface area contributed by atoms with Crippen LogP contribution in [0.2, 0.25) is 0 Å². The Morgan fingerprint density at radius 1 is 1.03 bits per heavy atom. The molecule has 0 radical (unpaired) electrons. The lowest BCUT2D eigenvalue weighted by molar-refractivity contribution is -0.115. The zero-order chi connectivity index (χ0) is 22.4. The van der Waals surface area contributed by atoms with Crippen molar-refractivity contribution in [3.63, 3.8) is 0 Å². The second kappa shape index (κ2) is 10.1. The summed E-state index contributed by atoms with van der Waals surface area (Å²) in [5.41, 5.74) is 2.29. The maximum atomic E-state index is 12.6. The molecule has 31 heavy (non-hydrogen) atoms. The summed E-state index contributed by atoms with van der Waals surface area (Å²) in [4.78, 5) is 23.7. The molecule has 0 aliphatic carbocycles. The van der Waals surface area contributed by atoms with Gasteiger partial charge in [0.05, 0.1) is 11.9 Å². The summed E-state index contributed by atoms with van der Waals surface area (Å²) in [5.74, 6) is 1.19. The molecule has 0 saturated heterocycles. The van der Waals surface area contributed by atoms with Crippen molar-refractivity contribution in [1.82, 2.24) is 14.8 Å². The van der Waals surface area contributed by atoms with E-state index in [4.69, 9.17) is 4.74 Å². The van der Waals surface area contributed by atoms with E-state index >= 15 is 0 Å². The van der Waals surface area contributed by atoms with Gasteiger partial charge in [0, 0.05) is 30.9 Å². The Hall–Kier alpha value is -3.33. The molecule has 0 unspecified atom stereocenters. The van der Waals surface area contributed by atoms with Gasteiger partial charge in [0.1, 0.15) is 5.75 Å². The average Bonchev–Trinajstić information content (AvgIpc) is 3.10. The van der Waals surface area contributed by atoms with Gasteiger partial charge in [-0.15, -0.1) is 10.2 Å². The minimum atomic E-state index is -0.371. The lowest BCUT2D eigenvalue weighted by atomic mass is 10.2. The number of rotatable bonds is 8. The maximum Gasteiger partial charge on any atom is 0.237 e. The van der Waals surface area contributed by atoms with Crippen LogP contribution in [-0.4, -0.2) is 38.4 Å². The van der Waals surface area contributed by atoms with Crippen molar-refractivity contribution in [3.8, 4) is 17.1 Å². The minimum absolute atomic E-state index is 0.123. The third kappa shape index (κ3) is 5.85. The topological polar surface area (TPSA) is 98.1 Å². The van der Waals surface area contributed by atoms with Gasteiger partial charge in [0.25, 0.3) is 0 Å². The second-order valence-corrected chi connectivity index (χ2v) is 8.14. The van der Waals surface area contributed by atoms with Crippen LogP contribution in [0.3, 0.4) is 0 Å². The maximum absolute atomic E-state index is 12.6. The molecular weight excluding hydrogens is 414 g/mol. The second-order valence-electron chi connectivity index (χ2n) is 6.83. The molecule has 3 rings (SSSR count). The highest BCUT2D eigenvalue weighted by atomic mass is 32.2. The van der Waals surface area contributed by atoms with Crippen LogP contribution in [0.4, 0.5) is 11.4 Å². The molecule has 0 spiro atoms. The SMILES string of the molecule is CCOc1ccc(NC(=O)[C@H](C)Sc2nnc(-c3ccc(NC(C)=O)cc3)n2C)cc1. The fourth-order valence-corrected chi connectivity index (χ4v) is 3.65. The van der Waals surface area contributed by atoms with E-state index in [0.29, 0.717) is 29.0 Å². The van der Waals surface area contributed by atoms with Gasteiger partial charge in [-0.25, -0.2) is 0 Å². The summed E-state index contributed by atoms with van der Waals surface area (Å²) in [6, 6.07) is 14.6. The van der Waals surface area contributed by atoms with Crippen LogP contribution in [0.25, 0.3) is 11.4 Å². The first-order valence-electron chi connectivity index (χ1n) is 9.85.